The second kappa shape index (κ2) is 5.19. The van der Waals surface area contributed by atoms with Gasteiger partial charge in [0.15, 0.2) is 0 Å². The molecule has 0 amide bonds. The number of para-hydroxylation sites is 1. The van der Waals surface area contributed by atoms with Gasteiger partial charge in [0.05, 0.1) is 0 Å². The van der Waals surface area contributed by atoms with Crippen molar-refractivity contribution in [1.82, 2.24) is 0 Å². The van der Waals surface area contributed by atoms with Gasteiger partial charge in [-0.2, -0.15) is 0 Å². The van der Waals surface area contributed by atoms with E-state index in [1.54, 1.807) is 0 Å². The van der Waals surface area contributed by atoms with Gasteiger partial charge in [-0.25, -0.2) is 0 Å². The summed E-state index contributed by atoms with van der Waals surface area (Å²) < 4.78 is 0. The third-order valence-electron chi connectivity index (χ3n) is 4.24. The van der Waals surface area contributed by atoms with E-state index < -0.39 is 0 Å². The van der Waals surface area contributed by atoms with Crippen molar-refractivity contribution < 1.29 is 0 Å². The van der Waals surface area contributed by atoms with E-state index in [9.17, 15) is 0 Å². The van der Waals surface area contributed by atoms with Crippen molar-refractivity contribution in [2.24, 2.45) is 0 Å². The predicted molar refractivity (Wildman–Crippen MR) is 95.9 cm³/mol. The summed E-state index contributed by atoms with van der Waals surface area (Å²) in [7, 11) is 0. The van der Waals surface area contributed by atoms with Crippen molar-refractivity contribution in [1.29, 1.82) is 0 Å². The molecule has 0 saturated heterocycles. The molecule has 0 fully saturated rings. The molecule has 106 valence electrons. The van der Waals surface area contributed by atoms with Gasteiger partial charge in [0, 0.05) is 16.8 Å². The van der Waals surface area contributed by atoms with E-state index in [0.717, 1.165) is 5.69 Å². The van der Waals surface area contributed by atoms with Crippen LogP contribution in [0.15, 0.2) is 78.9 Å². The molecule has 0 saturated carbocycles. The second-order valence-electron chi connectivity index (χ2n) is 5.58. The van der Waals surface area contributed by atoms with Crippen LogP contribution in [0.3, 0.4) is 0 Å². The fraction of sp³-hybridized carbons (Fsp3) is 0.0476. The molecular weight excluding hydrogens is 266 g/mol. The summed E-state index contributed by atoms with van der Waals surface area (Å²) in [6.45, 7) is 2.19. The van der Waals surface area contributed by atoms with Gasteiger partial charge in [-0.05, 0) is 40.8 Å². The summed E-state index contributed by atoms with van der Waals surface area (Å²) in [6, 6.07) is 27.6. The average molecular weight is 283 g/mol. The topological polar surface area (TPSA) is 12.0 Å². The molecule has 0 bridgehead atoms. The molecule has 0 aliphatic carbocycles. The van der Waals surface area contributed by atoms with Gasteiger partial charge in [-0.3, -0.25) is 0 Å². The molecule has 0 atom stereocenters. The Morgan fingerprint density at radius 3 is 1.73 bits per heavy atom. The van der Waals surface area contributed by atoms with Crippen molar-refractivity contribution >= 4 is 32.9 Å². The molecule has 4 rings (SSSR count). The molecule has 1 N–H and O–H groups in total. The summed E-state index contributed by atoms with van der Waals surface area (Å²) in [5, 5.41) is 8.79. The lowest BCUT2D eigenvalue weighted by Gasteiger charge is -2.16. The summed E-state index contributed by atoms with van der Waals surface area (Å²) in [6.07, 6.45) is 0. The van der Waals surface area contributed by atoms with Gasteiger partial charge in [0.1, 0.15) is 0 Å². The SMILES string of the molecule is Cc1c(Nc2ccccc2)c2ccccc2c2ccccc12. The molecule has 0 aliphatic rings. The number of nitrogens with one attached hydrogen (secondary N) is 1. The largest absolute Gasteiger partial charge is 0.355 e. The monoisotopic (exact) mass is 283 g/mol. The first-order valence-electron chi connectivity index (χ1n) is 7.57. The molecule has 22 heavy (non-hydrogen) atoms. The number of hydrogen-bond acceptors (Lipinski definition) is 1. The number of benzene rings is 4. The minimum absolute atomic E-state index is 1.12. The highest BCUT2D eigenvalue weighted by Gasteiger charge is 2.10. The maximum Gasteiger partial charge on any atom is 0.0500 e. The Balaban J connectivity index is 2.05. The highest BCUT2D eigenvalue weighted by molar-refractivity contribution is 6.15. The molecule has 0 aliphatic heterocycles. The van der Waals surface area contributed by atoms with Gasteiger partial charge < -0.3 is 5.32 Å². The maximum atomic E-state index is 3.61. The molecule has 4 aromatic carbocycles. The third-order valence-corrected chi connectivity index (χ3v) is 4.24. The normalized spacial score (nSPS) is 11.0. The van der Waals surface area contributed by atoms with E-state index in [2.05, 4.69) is 85.0 Å². The fourth-order valence-corrected chi connectivity index (χ4v) is 3.14. The molecule has 0 heterocycles. The highest BCUT2D eigenvalue weighted by Crippen LogP contribution is 2.37. The van der Waals surface area contributed by atoms with Gasteiger partial charge >= 0.3 is 0 Å². The zero-order valence-corrected chi connectivity index (χ0v) is 12.5. The van der Waals surface area contributed by atoms with Crippen LogP contribution in [-0.4, -0.2) is 0 Å². The zero-order chi connectivity index (χ0) is 14.9. The molecule has 1 heteroatoms. The Morgan fingerprint density at radius 2 is 1.05 bits per heavy atom. The number of anilines is 2. The quantitative estimate of drug-likeness (QED) is 0.442. The number of rotatable bonds is 2. The van der Waals surface area contributed by atoms with Crippen LogP contribution < -0.4 is 5.32 Å². The number of fused-ring (bicyclic) bond motifs is 3. The lowest BCUT2D eigenvalue weighted by Crippen LogP contribution is -1.96. The number of aryl methyl sites for hydroxylation is 1. The van der Waals surface area contributed by atoms with Crippen molar-refractivity contribution in [3.8, 4) is 0 Å². The Bertz CT molecular complexity index is 955. The van der Waals surface area contributed by atoms with Crippen molar-refractivity contribution in [2.75, 3.05) is 5.32 Å². The van der Waals surface area contributed by atoms with Crippen LogP contribution in [0.2, 0.25) is 0 Å². The Morgan fingerprint density at radius 1 is 0.545 bits per heavy atom. The van der Waals surface area contributed by atoms with Crippen molar-refractivity contribution in [2.45, 2.75) is 6.92 Å². The second-order valence-corrected chi connectivity index (χ2v) is 5.58. The van der Waals surface area contributed by atoms with Crippen LogP contribution in [0.4, 0.5) is 11.4 Å². The molecule has 1 nitrogen and oxygen atoms in total. The van der Waals surface area contributed by atoms with E-state index in [4.69, 9.17) is 0 Å². The minimum Gasteiger partial charge on any atom is -0.355 e. The first kappa shape index (κ1) is 12.9. The number of hydrogen-bond donors (Lipinski definition) is 1. The Labute approximate surface area is 130 Å². The van der Waals surface area contributed by atoms with E-state index in [0.29, 0.717) is 0 Å². The van der Waals surface area contributed by atoms with Crippen LogP contribution in [0.1, 0.15) is 5.56 Å². The van der Waals surface area contributed by atoms with Crippen LogP contribution in [0.25, 0.3) is 21.5 Å². The minimum atomic E-state index is 1.12. The smallest absolute Gasteiger partial charge is 0.0500 e. The van der Waals surface area contributed by atoms with Crippen LogP contribution >= 0.6 is 0 Å². The molecule has 0 radical (unpaired) electrons. The van der Waals surface area contributed by atoms with Crippen molar-refractivity contribution in [3.05, 3.63) is 84.4 Å². The van der Waals surface area contributed by atoms with E-state index in [1.807, 2.05) is 6.07 Å². The van der Waals surface area contributed by atoms with Crippen LogP contribution in [0.5, 0.6) is 0 Å². The summed E-state index contributed by atoms with van der Waals surface area (Å²) in [5.41, 5.74) is 3.60. The third kappa shape index (κ3) is 2.03. The van der Waals surface area contributed by atoms with Gasteiger partial charge in [0.25, 0.3) is 0 Å². The average Bonchev–Trinajstić information content (AvgIpc) is 2.59. The predicted octanol–water partition coefficient (Wildman–Crippen LogP) is 6.05. The fourth-order valence-electron chi connectivity index (χ4n) is 3.14. The van der Waals surface area contributed by atoms with Crippen molar-refractivity contribution in [3.63, 3.8) is 0 Å². The van der Waals surface area contributed by atoms with Gasteiger partial charge in [-0.15, -0.1) is 0 Å². The lowest BCUT2D eigenvalue weighted by molar-refractivity contribution is 1.49. The standard InChI is InChI=1S/C21H17N/c1-15-17-11-5-6-12-18(17)19-13-7-8-14-20(19)21(15)22-16-9-3-2-4-10-16/h2-14,22H,1H3. The Kier molecular flexibility index (Phi) is 3.05. The van der Waals surface area contributed by atoms with Crippen LogP contribution in [0, 0.1) is 6.92 Å². The maximum absolute atomic E-state index is 3.61. The summed E-state index contributed by atoms with van der Waals surface area (Å²) in [5.74, 6) is 0. The Hall–Kier alpha value is -2.80. The molecule has 4 aromatic rings. The van der Waals surface area contributed by atoms with Crippen LogP contribution in [-0.2, 0) is 0 Å². The molecule has 0 spiro atoms. The summed E-state index contributed by atoms with van der Waals surface area (Å²) in [4.78, 5) is 0. The summed E-state index contributed by atoms with van der Waals surface area (Å²) >= 11 is 0. The van der Waals surface area contributed by atoms with E-state index in [-0.39, 0.29) is 0 Å². The molecule has 0 unspecified atom stereocenters. The first-order valence-corrected chi connectivity index (χ1v) is 7.57. The van der Waals surface area contributed by atoms with E-state index >= 15 is 0 Å². The van der Waals surface area contributed by atoms with Gasteiger partial charge in [-0.1, -0.05) is 66.7 Å². The molecular formula is C21H17N. The molecule has 0 aromatic heterocycles. The first-order chi connectivity index (χ1) is 10.8. The van der Waals surface area contributed by atoms with E-state index in [1.165, 1.54) is 32.8 Å². The highest BCUT2D eigenvalue weighted by atomic mass is 14.9. The lowest BCUT2D eigenvalue weighted by atomic mass is 9.95. The van der Waals surface area contributed by atoms with Gasteiger partial charge in [0.2, 0.25) is 0 Å². The zero-order valence-electron chi connectivity index (χ0n) is 12.5.